The third kappa shape index (κ3) is 5.81. The van der Waals surface area contributed by atoms with Gasteiger partial charge < -0.3 is 14.5 Å². The van der Waals surface area contributed by atoms with Crippen LogP contribution in [-0.4, -0.2) is 68.9 Å². The van der Waals surface area contributed by atoms with E-state index in [2.05, 4.69) is 19.9 Å². The number of amides is 1. The summed E-state index contributed by atoms with van der Waals surface area (Å²) >= 11 is 0. The van der Waals surface area contributed by atoms with Crippen molar-refractivity contribution in [1.29, 1.82) is 0 Å². The number of rotatable bonds is 3. The molecule has 5 rings (SSSR count). The van der Waals surface area contributed by atoms with E-state index in [0.29, 0.717) is 48.7 Å². The van der Waals surface area contributed by atoms with E-state index in [4.69, 9.17) is 9.72 Å². The van der Waals surface area contributed by atoms with Gasteiger partial charge in [-0.1, -0.05) is 0 Å². The SMILES string of the molecule is CC(C)(C)OC(=O)N1CCC2(CCN(c3nc(-c4ccncc4)nc4cnc(CC(F)(F)F)cc34)CC2)C1. The summed E-state index contributed by atoms with van der Waals surface area (Å²) in [6, 6.07) is 5.05. The molecule has 0 aliphatic carbocycles. The molecule has 2 aliphatic heterocycles. The minimum atomic E-state index is -4.36. The molecule has 0 saturated carbocycles. The summed E-state index contributed by atoms with van der Waals surface area (Å²) in [5, 5.41) is 0.551. The van der Waals surface area contributed by atoms with Gasteiger partial charge in [0, 0.05) is 49.5 Å². The van der Waals surface area contributed by atoms with Gasteiger partial charge in [-0.25, -0.2) is 14.8 Å². The number of aromatic nitrogens is 4. The zero-order chi connectivity index (χ0) is 27.1. The van der Waals surface area contributed by atoms with Crippen LogP contribution in [0.25, 0.3) is 22.3 Å². The average molecular weight is 529 g/mol. The van der Waals surface area contributed by atoms with Crippen LogP contribution in [0.1, 0.15) is 45.7 Å². The Morgan fingerprint density at radius 2 is 1.74 bits per heavy atom. The number of fused-ring (bicyclic) bond motifs is 1. The van der Waals surface area contributed by atoms with Crippen LogP contribution in [0.2, 0.25) is 0 Å². The zero-order valence-corrected chi connectivity index (χ0v) is 21.8. The van der Waals surface area contributed by atoms with Crippen LogP contribution in [0, 0.1) is 5.41 Å². The van der Waals surface area contributed by atoms with Gasteiger partial charge >= 0.3 is 12.3 Å². The van der Waals surface area contributed by atoms with Gasteiger partial charge in [-0.2, -0.15) is 13.2 Å². The third-order valence-corrected chi connectivity index (χ3v) is 7.15. The van der Waals surface area contributed by atoms with Gasteiger partial charge in [0.25, 0.3) is 0 Å². The maximum Gasteiger partial charge on any atom is 0.410 e. The number of carbonyl (C=O) groups excluding carboxylic acids is 1. The van der Waals surface area contributed by atoms with Gasteiger partial charge in [0.2, 0.25) is 0 Å². The van der Waals surface area contributed by atoms with Crippen molar-refractivity contribution in [2.45, 2.75) is 58.2 Å². The fourth-order valence-electron chi connectivity index (χ4n) is 5.25. The number of halogens is 3. The van der Waals surface area contributed by atoms with Crippen LogP contribution in [0.4, 0.5) is 23.8 Å². The topological polar surface area (TPSA) is 84.3 Å². The smallest absolute Gasteiger partial charge is 0.410 e. The fraction of sp³-hybridized carbons (Fsp3) is 0.519. The number of likely N-dealkylation sites (tertiary alicyclic amines) is 1. The van der Waals surface area contributed by atoms with Crippen molar-refractivity contribution in [2.75, 3.05) is 31.1 Å². The molecule has 0 unspecified atom stereocenters. The Morgan fingerprint density at radius 1 is 1.05 bits per heavy atom. The Kier molecular flexibility index (Phi) is 6.65. The molecule has 2 aliphatic rings. The lowest BCUT2D eigenvalue weighted by Gasteiger charge is -2.40. The molecule has 1 amide bonds. The van der Waals surface area contributed by atoms with Gasteiger partial charge in [-0.3, -0.25) is 9.97 Å². The highest BCUT2D eigenvalue weighted by molar-refractivity contribution is 5.91. The lowest BCUT2D eigenvalue weighted by molar-refractivity contribution is -0.127. The van der Waals surface area contributed by atoms with E-state index in [9.17, 15) is 18.0 Å². The largest absolute Gasteiger partial charge is 0.444 e. The predicted molar refractivity (Wildman–Crippen MR) is 137 cm³/mol. The summed E-state index contributed by atoms with van der Waals surface area (Å²) in [4.78, 5) is 34.0. The molecule has 3 aromatic heterocycles. The quantitative estimate of drug-likeness (QED) is 0.449. The van der Waals surface area contributed by atoms with Crippen molar-refractivity contribution >= 4 is 22.8 Å². The molecular formula is C27H31F3N6O2. The highest BCUT2D eigenvalue weighted by Crippen LogP contribution is 2.42. The van der Waals surface area contributed by atoms with Crippen LogP contribution in [0.3, 0.4) is 0 Å². The molecule has 5 heterocycles. The number of nitrogens with zero attached hydrogens (tertiary/aromatic N) is 6. The Morgan fingerprint density at radius 3 is 2.39 bits per heavy atom. The zero-order valence-electron chi connectivity index (χ0n) is 21.8. The summed E-state index contributed by atoms with van der Waals surface area (Å²) in [7, 11) is 0. The monoisotopic (exact) mass is 528 g/mol. The second-order valence-electron chi connectivity index (χ2n) is 11.2. The molecule has 38 heavy (non-hydrogen) atoms. The molecule has 0 radical (unpaired) electrons. The highest BCUT2D eigenvalue weighted by Gasteiger charge is 2.43. The van der Waals surface area contributed by atoms with Crippen LogP contribution in [0.15, 0.2) is 36.8 Å². The molecular weight excluding hydrogens is 497 g/mol. The predicted octanol–water partition coefficient (Wildman–Crippen LogP) is 5.42. The van der Waals surface area contributed by atoms with Crippen molar-refractivity contribution in [3.63, 3.8) is 0 Å². The average Bonchev–Trinajstić information content (AvgIpc) is 3.26. The minimum absolute atomic E-state index is 0.00678. The summed E-state index contributed by atoms with van der Waals surface area (Å²) in [5.41, 5.74) is 0.637. The van der Waals surface area contributed by atoms with Gasteiger partial charge in [0.15, 0.2) is 5.82 Å². The number of ether oxygens (including phenoxy) is 1. The molecule has 1 spiro atoms. The number of hydrogen-bond donors (Lipinski definition) is 0. The molecule has 8 nitrogen and oxygen atoms in total. The lowest BCUT2D eigenvalue weighted by atomic mass is 9.78. The normalized spacial score (nSPS) is 17.8. The number of carbonyl (C=O) groups is 1. The Balaban J connectivity index is 1.41. The van der Waals surface area contributed by atoms with Gasteiger partial charge in [-0.15, -0.1) is 0 Å². The molecule has 2 fully saturated rings. The lowest BCUT2D eigenvalue weighted by Crippen LogP contribution is -2.43. The van der Waals surface area contributed by atoms with Gasteiger partial charge in [0.05, 0.1) is 23.8 Å². The molecule has 0 aromatic carbocycles. The number of piperidine rings is 1. The second-order valence-corrected chi connectivity index (χ2v) is 11.2. The van der Waals surface area contributed by atoms with Gasteiger partial charge in [0.1, 0.15) is 11.4 Å². The standard InChI is InChI=1S/C27H31F3N6O2/c1-25(2,3)38-24(37)36-13-8-26(17-36)6-11-35(12-7-26)23-20-14-19(15-27(28,29)30)32-16-21(20)33-22(34-23)18-4-9-31-10-5-18/h4-5,9-10,14,16H,6-8,11-13,15,17H2,1-3H3. The Bertz CT molecular complexity index is 1320. The van der Waals surface area contributed by atoms with E-state index >= 15 is 0 Å². The number of hydrogen-bond acceptors (Lipinski definition) is 7. The highest BCUT2D eigenvalue weighted by atomic mass is 19.4. The summed E-state index contributed by atoms with van der Waals surface area (Å²) in [6.45, 7) is 8.21. The van der Waals surface area contributed by atoms with Crippen LogP contribution >= 0.6 is 0 Å². The second kappa shape index (κ2) is 9.67. The van der Waals surface area contributed by atoms with E-state index < -0.39 is 18.2 Å². The molecule has 11 heteroatoms. The maximum atomic E-state index is 13.1. The van der Waals surface area contributed by atoms with Crippen LogP contribution in [-0.2, 0) is 11.2 Å². The van der Waals surface area contributed by atoms with Crippen molar-refractivity contribution in [1.82, 2.24) is 24.8 Å². The van der Waals surface area contributed by atoms with E-state index in [1.807, 2.05) is 20.8 Å². The number of pyridine rings is 2. The molecule has 0 N–H and O–H groups in total. The third-order valence-electron chi connectivity index (χ3n) is 7.15. The van der Waals surface area contributed by atoms with E-state index in [1.54, 1.807) is 29.4 Å². The first-order valence-corrected chi connectivity index (χ1v) is 12.8. The fourth-order valence-corrected chi connectivity index (χ4v) is 5.25. The molecule has 0 atom stereocenters. The molecule has 202 valence electrons. The van der Waals surface area contributed by atoms with E-state index in [-0.39, 0.29) is 17.2 Å². The number of alkyl halides is 3. The van der Waals surface area contributed by atoms with Crippen molar-refractivity contribution < 1.29 is 22.7 Å². The van der Waals surface area contributed by atoms with Crippen molar-refractivity contribution in [3.8, 4) is 11.4 Å². The van der Waals surface area contributed by atoms with Crippen LogP contribution in [0.5, 0.6) is 0 Å². The van der Waals surface area contributed by atoms with Gasteiger partial charge in [-0.05, 0) is 63.6 Å². The van der Waals surface area contributed by atoms with Crippen molar-refractivity contribution in [3.05, 3.63) is 42.5 Å². The summed E-state index contributed by atoms with van der Waals surface area (Å²) in [5.74, 6) is 1.07. The molecule has 3 aromatic rings. The number of anilines is 1. The Labute approximate surface area is 219 Å². The van der Waals surface area contributed by atoms with Crippen LogP contribution < -0.4 is 4.90 Å². The first kappa shape index (κ1) is 26.1. The Hall–Kier alpha value is -3.50. The minimum Gasteiger partial charge on any atom is -0.444 e. The van der Waals surface area contributed by atoms with E-state index in [1.165, 1.54) is 12.3 Å². The van der Waals surface area contributed by atoms with Crippen molar-refractivity contribution in [2.24, 2.45) is 5.41 Å². The molecule has 2 saturated heterocycles. The maximum absolute atomic E-state index is 13.1. The first-order chi connectivity index (χ1) is 17.9. The summed E-state index contributed by atoms with van der Waals surface area (Å²) < 4.78 is 44.9. The molecule has 0 bridgehead atoms. The first-order valence-electron chi connectivity index (χ1n) is 12.8. The summed E-state index contributed by atoms with van der Waals surface area (Å²) in [6.07, 6.45) is 1.50. The van der Waals surface area contributed by atoms with E-state index in [0.717, 1.165) is 24.8 Å².